The molecule has 7 atom stereocenters. The summed E-state index contributed by atoms with van der Waals surface area (Å²) in [5.74, 6) is -4.80. The first-order chi connectivity index (χ1) is 27.2. The number of ether oxygens (including phenoxy) is 1. The van der Waals surface area contributed by atoms with Gasteiger partial charge in [-0.1, -0.05) is 48.9 Å². The number of rotatable bonds is 7. The number of aryl methyl sites for hydroxylation is 2. The molecule has 3 N–H and O–H groups in total. The van der Waals surface area contributed by atoms with Gasteiger partial charge in [-0.2, -0.15) is 0 Å². The lowest BCUT2D eigenvalue weighted by Crippen LogP contribution is -2.62. The summed E-state index contributed by atoms with van der Waals surface area (Å²) < 4.78 is 20.5. The molecule has 0 spiro atoms. The van der Waals surface area contributed by atoms with Crippen LogP contribution in [0.2, 0.25) is 0 Å². The molecule has 0 unspecified atom stereocenters. The molecule has 4 saturated heterocycles. The number of nitrogens with one attached hydrogen (secondary N) is 3. The number of hydrogen-bond donors (Lipinski definition) is 3. The zero-order chi connectivity index (χ0) is 41.0. The van der Waals surface area contributed by atoms with E-state index in [0.717, 1.165) is 5.56 Å². The van der Waals surface area contributed by atoms with Crippen LogP contribution >= 0.6 is 0 Å². The van der Waals surface area contributed by atoms with Crippen LogP contribution in [0.15, 0.2) is 42.5 Å². The van der Waals surface area contributed by atoms with Crippen molar-refractivity contribution in [3.05, 3.63) is 70.5 Å². The number of carbonyl (C=O) groups excluding carboxylic acids is 7. The Bertz CT molecular complexity index is 1910. The number of esters is 1. The third kappa shape index (κ3) is 9.62. The number of amides is 6. The van der Waals surface area contributed by atoms with Crippen molar-refractivity contribution in [3.8, 4) is 0 Å². The van der Waals surface area contributed by atoms with Crippen molar-refractivity contribution < 1.29 is 42.7 Å². The molecular formula is C42H53FN6O8. The van der Waals surface area contributed by atoms with Crippen molar-refractivity contribution in [1.82, 2.24) is 30.7 Å². The van der Waals surface area contributed by atoms with Crippen LogP contribution in [-0.2, 0) is 51.1 Å². The van der Waals surface area contributed by atoms with Crippen molar-refractivity contribution >= 4 is 41.4 Å². The summed E-state index contributed by atoms with van der Waals surface area (Å²) >= 11 is 0. The van der Waals surface area contributed by atoms with E-state index >= 15 is 0 Å². The van der Waals surface area contributed by atoms with Crippen molar-refractivity contribution in [2.24, 2.45) is 5.92 Å². The van der Waals surface area contributed by atoms with E-state index in [0.29, 0.717) is 56.2 Å². The second-order valence-corrected chi connectivity index (χ2v) is 16.1. The van der Waals surface area contributed by atoms with Gasteiger partial charge in [0.25, 0.3) is 0 Å². The average molecular weight is 789 g/mol. The number of halogens is 1. The normalized spacial score (nSPS) is 26.5. The van der Waals surface area contributed by atoms with Gasteiger partial charge in [0.2, 0.25) is 35.4 Å². The fourth-order valence-corrected chi connectivity index (χ4v) is 8.49. The molecule has 57 heavy (non-hydrogen) atoms. The maximum atomic E-state index is 14.7. The maximum Gasteiger partial charge on any atom is 0.328 e. The summed E-state index contributed by atoms with van der Waals surface area (Å²) in [6, 6.07) is 5.40. The molecule has 6 rings (SSSR count). The van der Waals surface area contributed by atoms with E-state index < -0.39 is 90.1 Å². The van der Waals surface area contributed by atoms with Crippen molar-refractivity contribution in [2.75, 3.05) is 26.2 Å². The van der Waals surface area contributed by atoms with Gasteiger partial charge in [-0.15, -0.1) is 0 Å². The fraction of sp³-hybridized carbons (Fsp3) is 0.548. The third-order valence-corrected chi connectivity index (χ3v) is 11.4. The van der Waals surface area contributed by atoms with Crippen LogP contribution in [0.4, 0.5) is 4.39 Å². The molecule has 0 aliphatic carbocycles. The minimum absolute atomic E-state index is 0.0226. The summed E-state index contributed by atoms with van der Waals surface area (Å²) in [5, 5.41) is 8.23. The Morgan fingerprint density at radius 3 is 2.33 bits per heavy atom. The molecule has 0 aromatic heterocycles. The van der Waals surface area contributed by atoms with Crippen molar-refractivity contribution in [1.29, 1.82) is 0 Å². The lowest BCUT2D eigenvalue weighted by Gasteiger charge is -2.39. The number of carbonyl (C=O) groups is 7. The second-order valence-electron chi connectivity index (χ2n) is 16.1. The van der Waals surface area contributed by atoms with Crippen LogP contribution in [0.5, 0.6) is 0 Å². The van der Waals surface area contributed by atoms with Crippen LogP contribution in [0.3, 0.4) is 0 Å². The van der Waals surface area contributed by atoms with Gasteiger partial charge in [0.1, 0.15) is 48.7 Å². The lowest BCUT2D eigenvalue weighted by molar-refractivity contribution is -0.158. The SMILES string of the molecule is Cc1cccc(C[C@H](NC(=O)Cc2ccc(C)cc2F)C(=O)N[C@H]2COC(=O)[C@@H]3C[C@H](C)CN3C(=O)[C@H](C)NC(=O)[C@@H]3CCCCN3C(=O)[C@@H]3CCCN3C2=O)c1. The van der Waals surface area contributed by atoms with Gasteiger partial charge in [0.15, 0.2) is 0 Å². The predicted molar refractivity (Wildman–Crippen MR) is 206 cm³/mol. The van der Waals surface area contributed by atoms with E-state index in [4.69, 9.17) is 4.74 Å². The van der Waals surface area contributed by atoms with E-state index in [9.17, 15) is 38.0 Å². The molecule has 14 nitrogen and oxygen atoms in total. The number of benzene rings is 2. The molecule has 0 radical (unpaired) electrons. The molecule has 4 heterocycles. The maximum absolute atomic E-state index is 14.7. The van der Waals surface area contributed by atoms with E-state index in [-0.39, 0.29) is 37.4 Å². The van der Waals surface area contributed by atoms with Gasteiger partial charge in [0.05, 0.1) is 6.42 Å². The summed E-state index contributed by atoms with van der Waals surface area (Å²) in [6.45, 7) is 7.18. The topological polar surface area (TPSA) is 175 Å². The quantitative estimate of drug-likeness (QED) is 0.357. The summed E-state index contributed by atoms with van der Waals surface area (Å²) in [4.78, 5) is 102. The van der Waals surface area contributed by atoms with Gasteiger partial charge in [-0.25, -0.2) is 9.18 Å². The highest BCUT2D eigenvalue weighted by molar-refractivity contribution is 5.98. The number of nitrogens with zero attached hydrogens (tertiary/aromatic N) is 3. The molecule has 2 aromatic carbocycles. The van der Waals surface area contributed by atoms with Gasteiger partial charge < -0.3 is 35.4 Å². The zero-order valence-electron chi connectivity index (χ0n) is 33.1. The first kappa shape index (κ1) is 41.3. The van der Waals surface area contributed by atoms with Crippen LogP contribution < -0.4 is 16.0 Å². The van der Waals surface area contributed by atoms with Crippen LogP contribution in [-0.4, -0.2) is 119 Å². The molecule has 0 saturated carbocycles. The Kier molecular flexibility index (Phi) is 12.9. The molecule has 15 heteroatoms. The Hall–Kier alpha value is -5.34. The fourth-order valence-electron chi connectivity index (χ4n) is 8.49. The molecule has 306 valence electrons. The minimum Gasteiger partial charge on any atom is -0.461 e. The monoisotopic (exact) mass is 788 g/mol. The molecule has 2 aromatic rings. The summed E-state index contributed by atoms with van der Waals surface area (Å²) in [5.41, 5.74) is 2.47. The van der Waals surface area contributed by atoms with Gasteiger partial charge in [-0.05, 0) is 88.0 Å². The Morgan fingerprint density at radius 1 is 0.860 bits per heavy atom. The Labute approximate surface area is 332 Å². The molecule has 4 fully saturated rings. The van der Waals surface area contributed by atoms with Crippen LogP contribution in [0.1, 0.15) is 74.6 Å². The number of piperidine rings is 1. The van der Waals surface area contributed by atoms with Gasteiger partial charge in [0, 0.05) is 26.1 Å². The highest BCUT2D eigenvalue weighted by atomic mass is 19.1. The summed E-state index contributed by atoms with van der Waals surface area (Å²) in [7, 11) is 0. The smallest absolute Gasteiger partial charge is 0.328 e. The first-order valence-electron chi connectivity index (χ1n) is 20.0. The Balaban J connectivity index is 1.31. The van der Waals surface area contributed by atoms with Crippen molar-refractivity contribution in [2.45, 2.75) is 115 Å². The molecule has 4 aliphatic rings. The second kappa shape index (κ2) is 17.9. The molecular weight excluding hydrogens is 735 g/mol. The van der Waals surface area contributed by atoms with Gasteiger partial charge in [-0.3, -0.25) is 28.8 Å². The van der Waals surface area contributed by atoms with E-state index in [2.05, 4.69) is 16.0 Å². The predicted octanol–water partition coefficient (Wildman–Crippen LogP) is 1.87. The van der Waals surface area contributed by atoms with E-state index in [1.165, 1.54) is 26.8 Å². The van der Waals surface area contributed by atoms with Crippen LogP contribution in [0, 0.1) is 25.6 Å². The third-order valence-electron chi connectivity index (χ3n) is 11.4. The Morgan fingerprint density at radius 2 is 1.58 bits per heavy atom. The standard InChI is InChI=1S/C42H53FN6O8/c1-24-9-7-10-28(17-24)20-31(45-36(50)21-29-14-13-25(2)18-30(29)43)37(51)46-32-23-57-42(56)35-19-26(3)22-49(35)39(53)27(4)44-38(52)33-11-5-6-15-47(33)41(55)34-12-8-16-48(34)40(32)54/h7,9-10,13-14,17-18,26-27,31-35H,5-6,8,11-12,15-16,19-23H2,1-4H3,(H,44,52)(H,45,50)(H,46,51)/t26-,27-,31-,32-,33-,34-,35-/m0/s1. The van der Waals surface area contributed by atoms with Crippen molar-refractivity contribution in [3.63, 3.8) is 0 Å². The first-order valence-corrected chi connectivity index (χ1v) is 20.0. The highest BCUT2D eigenvalue weighted by Gasteiger charge is 2.46. The summed E-state index contributed by atoms with van der Waals surface area (Å²) in [6.07, 6.45) is 2.52. The van der Waals surface area contributed by atoms with Crippen LogP contribution in [0.25, 0.3) is 0 Å². The molecule has 4 aliphatic heterocycles. The average Bonchev–Trinajstić information content (AvgIpc) is 3.83. The van der Waals surface area contributed by atoms with Gasteiger partial charge >= 0.3 is 5.97 Å². The highest BCUT2D eigenvalue weighted by Crippen LogP contribution is 2.28. The molecule has 0 bridgehead atoms. The molecule has 6 amide bonds. The largest absolute Gasteiger partial charge is 0.461 e. The minimum atomic E-state index is -1.48. The zero-order valence-corrected chi connectivity index (χ0v) is 33.1. The van der Waals surface area contributed by atoms with E-state index in [1.54, 1.807) is 26.0 Å². The number of fused-ring (bicyclic) bond motifs is 3. The number of hydrogen-bond acceptors (Lipinski definition) is 8. The van der Waals surface area contributed by atoms with E-state index in [1.807, 2.05) is 32.0 Å². The number of cyclic esters (lactones) is 1. The lowest BCUT2D eigenvalue weighted by atomic mass is 9.99.